The summed E-state index contributed by atoms with van der Waals surface area (Å²) in [7, 11) is 0. The Hall–Kier alpha value is -1.46. The molecule has 0 aromatic carbocycles. The van der Waals surface area contributed by atoms with Gasteiger partial charge < -0.3 is 4.90 Å². The van der Waals surface area contributed by atoms with Crippen LogP contribution in [0.2, 0.25) is 0 Å². The van der Waals surface area contributed by atoms with Crippen molar-refractivity contribution in [2.75, 3.05) is 13.1 Å². The summed E-state index contributed by atoms with van der Waals surface area (Å²) < 4.78 is 0. The van der Waals surface area contributed by atoms with Crippen LogP contribution in [0.3, 0.4) is 0 Å². The van der Waals surface area contributed by atoms with E-state index in [1.807, 2.05) is 18.5 Å². The summed E-state index contributed by atoms with van der Waals surface area (Å²) in [4.78, 5) is 19.2. The van der Waals surface area contributed by atoms with Crippen LogP contribution in [0, 0.1) is 11.8 Å². The first-order chi connectivity index (χ1) is 10.8. The predicted molar refractivity (Wildman–Crippen MR) is 83.9 cm³/mol. The van der Waals surface area contributed by atoms with Crippen molar-refractivity contribution in [1.82, 2.24) is 20.7 Å². The average molecular weight is 300 g/mol. The third-order valence-corrected chi connectivity index (χ3v) is 5.85. The van der Waals surface area contributed by atoms with Gasteiger partial charge in [-0.15, -0.1) is 0 Å². The highest BCUT2D eigenvalue weighted by Crippen LogP contribution is 2.44. The minimum atomic E-state index is 0.121. The van der Waals surface area contributed by atoms with Gasteiger partial charge in [0, 0.05) is 37.6 Å². The highest BCUT2D eigenvalue weighted by Gasteiger charge is 2.51. The van der Waals surface area contributed by atoms with Crippen LogP contribution in [0.15, 0.2) is 24.5 Å². The number of carbonyl (C=O) groups excluding carboxylic acids is 1. The lowest BCUT2D eigenvalue weighted by Crippen LogP contribution is -2.61. The van der Waals surface area contributed by atoms with Crippen LogP contribution >= 0.6 is 0 Å². The quantitative estimate of drug-likeness (QED) is 0.864. The summed E-state index contributed by atoms with van der Waals surface area (Å²) >= 11 is 0. The number of fused-ring (bicyclic) bond motifs is 3. The fraction of sp³-hybridized carbons (Fsp3) is 0.647. The molecule has 22 heavy (non-hydrogen) atoms. The molecule has 2 N–H and O–H groups in total. The Kier molecular flexibility index (Phi) is 3.62. The normalized spacial score (nSPS) is 37.8. The van der Waals surface area contributed by atoms with Crippen molar-refractivity contribution in [3.8, 4) is 0 Å². The standard InChI is InChI=1S/C17H24N4O/c1-2-21-15-8-11(12-4-3-7-18-9-12)5-6-13(15)16-14(17(21)22)10-19-20-16/h3-4,7,9,11,13-16,19-20H,2,5-6,8,10H2,1H3. The van der Waals surface area contributed by atoms with Gasteiger partial charge in [-0.2, -0.15) is 0 Å². The molecule has 118 valence electrons. The first kappa shape index (κ1) is 14.2. The summed E-state index contributed by atoms with van der Waals surface area (Å²) in [5.74, 6) is 1.56. The minimum Gasteiger partial charge on any atom is -0.339 e. The van der Waals surface area contributed by atoms with Crippen LogP contribution in [0.4, 0.5) is 0 Å². The Morgan fingerprint density at radius 1 is 1.41 bits per heavy atom. The number of nitrogens with one attached hydrogen (secondary N) is 2. The molecule has 0 radical (unpaired) electrons. The molecule has 0 bridgehead atoms. The van der Waals surface area contributed by atoms with Gasteiger partial charge in [0.25, 0.3) is 0 Å². The van der Waals surface area contributed by atoms with E-state index in [4.69, 9.17) is 0 Å². The summed E-state index contributed by atoms with van der Waals surface area (Å²) in [6, 6.07) is 4.88. The second-order valence-corrected chi connectivity index (χ2v) is 6.81. The highest BCUT2D eigenvalue weighted by atomic mass is 16.2. The largest absolute Gasteiger partial charge is 0.339 e. The van der Waals surface area contributed by atoms with E-state index in [0.29, 0.717) is 29.8 Å². The fourth-order valence-electron chi connectivity index (χ4n) is 4.80. The zero-order chi connectivity index (χ0) is 15.1. The Labute approximate surface area is 131 Å². The van der Waals surface area contributed by atoms with E-state index in [9.17, 15) is 4.79 Å². The number of rotatable bonds is 2. The van der Waals surface area contributed by atoms with Crippen molar-refractivity contribution in [1.29, 1.82) is 0 Å². The van der Waals surface area contributed by atoms with Gasteiger partial charge in [-0.25, -0.2) is 0 Å². The Morgan fingerprint density at radius 3 is 3.09 bits per heavy atom. The van der Waals surface area contributed by atoms with E-state index in [2.05, 4.69) is 33.7 Å². The van der Waals surface area contributed by atoms with Gasteiger partial charge in [-0.05, 0) is 49.7 Å². The van der Waals surface area contributed by atoms with Gasteiger partial charge in [0.05, 0.1) is 5.92 Å². The second kappa shape index (κ2) is 5.63. The van der Waals surface area contributed by atoms with Gasteiger partial charge in [0.15, 0.2) is 0 Å². The van der Waals surface area contributed by atoms with Crippen LogP contribution in [0.1, 0.15) is 37.7 Å². The predicted octanol–water partition coefficient (Wildman–Crippen LogP) is 1.29. The van der Waals surface area contributed by atoms with Crippen molar-refractivity contribution in [3.63, 3.8) is 0 Å². The van der Waals surface area contributed by atoms with Gasteiger partial charge >= 0.3 is 0 Å². The molecule has 4 rings (SSSR count). The zero-order valence-electron chi connectivity index (χ0n) is 13.0. The molecule has 5 unspecified atom stereocenters. The first-order valence-corrected chi connectivity index (χ1v) is 8.48. The molecule has 1 saturated carbocycles. The fourth-order valence-corrected chi connectivity index (χ4v) is 4.80. The molecule has 5 heteroatoms. The third-order valence-electron chi connectivity index (χ3n) is 5.85. The highest BCUT2D eigenvalue weighted by molar-refractivity contribution is 5.81. The lowest BCUT2D eigenvalue weighted by atomic mass is 9.67. The van der Waals surface area contributed by atoms with Crippen molar-refractivity contribution < 1.29 is 4.79 Å². The Balaban J connectivity index is 1.60. The monoisotopic (exact) mass is 300 g/mol. The maximum atomic E-state index is 12.8. The van der Waals surface area contributed by atoms with E-state index >= 15 is 0 Å². The number of hydrogen-bond donors (Lipinski definition) is 2. The molecule has 2 saturated heterocycles. The lowest BCUT2D eigenvalue weighted by Gasteiger charge is -2.50. The molecule has 1 aromatic heterocycles. The van der Waals surface area contributed by atoms with Gasteiger partial charge in [0.2, 0.25) is 5.91 Å². The molecular weight excluding hydrogens is 276 g/mol. The van der Waals surface area contributed by atoms with E-state index in [-0.39, 0.29) is 5.92 Å². The molecule has 3 aliphatic rings. The summed E-state index contributed by atoms with van der Waals surface area (Å²) in [6.45, 7) is 3.71. The molecular formula is C17H24N4O. The van der Waals surface area contributed by atoms with E-state index < -0.39 is 0 Å². The molecule has 0 spiro atoms. The van der Waals surface area contributed by atoms with Crippen molar-refractivity contribution >= 4 is 5.91 Å². The number of pyridine rings is 1. The molecule has 3 fully saturated rings. The Morgan fingerprint density at radius 2 is 2.32 bits per heavy atom. The molecule has 2 aliphatic heterocycles. The molecule has 1 aromatic rings. The third kappa shape index (κ3) is 2.15. The van der Waals surface area contributed by atoms with Crippen molar-refractivity contribution in [2.24, 2.45) is 11.8 Å². The van der Waals surface area contributed by atoms with Gasteiger partial charge in [0.1, 0.15) is 0 Å². The number of amides is 1. The van der Waals surface area contributed by atoms with E-state index in [0.717, 1.165) is 19.5 Å². The SMILES string of the molecule is CCN1C(=O)C2CNNC2C2CCC(c3cccnc3)CC21. The Bertz CT molecular complexity index is 549. The van der Waals surface area contributed by atoms with Crippen molar-refractivity contribution in [2.45, 2.75) is 44.2 Å². The minimum absolute atomic E-state index is 0.121. The summed E-state index contributed by atoms with van der Waals surface area (Å²) in [5, 5.41) is 0. The van der Waals surface area contributed by atoms with Gasteiger partial charge in [-0.1, -0.05) is 6.07 Å². The zero-order valence-corrected chi connectivity index (χ0v) is 13.0. The van der Waals surface area contributed by atoms with Crippen LogP contribution < -0.4 is 10.9 Å². The van der Waals surface area contributed by atoms with Crippen LogP contribution in [0.25, 0.3) is 0 Å². The average Bonchev–Trinajstić information content (AvgIpc) is 3.06. The molecule has 1 aliphatic carbocycles. The number of hydrogen-bond acceptors (Lipinski definition) is 4. The first-order valence-electron chi connectivity index (χ1n) is 8.48. The van der Waals surface area contributed by atoms with Crippen molar-refractivity contribution in [3.05, 3.63) is 30.1 Å². The van der Waals surface area contributed by atoms with Crippen LogP contribution in [0.5, 0.6) is 0 Å². The summed E-state index contributed by atoms with van der Waals surface area (Å²) in [5.41, 5.74) is 7.91. The molecule has 5 atom stereocenters. The maximum absolute atomic E-state index is 12.8. The second-order valence-electron chi connectivity index (χ2n) is 6.81. The lowest BCUT2D eigenvalue weighted by molar-refractivity contribution is -0.146. The number of piperidine rings is 1. The van der Waals surface area contributed by atoms with Gasteiger partial charge in [-0.3, -0.25) is 20.6 Å². The van der Waals surface area contributed by atoms with Crippen LogP contribution in [-0.4, -0.2) is 41.0 Å². The smallest absolute Gasteiger partial charge is 0.228 e. The van der Waals surface area contributed by atoms with E-state index in [1.54, 1.807) is 0 Å². The summed E-state index contributed by atoms with van der Waals surface area (Å²) in [6.07, 6.45) is 7.27. The topological polar surface area (TPSA) is 57.3 Å². The number of nitrogens with zero attached hydrogens (tertiary/aromatic N) is 2. The molecule has 5 nitrogen and oxygen atoms in total. The van der Waals surface area contributed by atoms with E-state index in [1.165, 1.54) is 18.4 Å². The number of hydrazine groups is 1. The maximum Gasteiger partial charge on any atom is 0.228 e. The molecule has 1 amide bonds. The molecule has 3 heterocycles. The number of aromatic nitrogens is 1. The number of carbonyl (C=O) groups is 1. The van der Waals surface area contributed by atoms with Crippen LogP contribution in [-0.2, 0) is 4.79 Å². The number of likely N-dealkylation sites (tertiary alicyclic amines) is 1.